The van der Waals surface area contributed by atoms with Gasteiger partial charge in [-0.1, -0.05) is 25.1 Å². The first-order chi connectivity index (χ1) is 12.8. The molecule has 4 rings (SSSR count). The highest BCUT2D eigenvalue weighted by molar-refractivity contribution is 5.84. The van der Waals surface area contributed by atoms with E-state index in [1.54, 1.807) is 7.11 Å². The number of aryl methyl sites for hydroxylation is 1. The van der Waals surface area contributed by atoms with Gasteiger partial charge >= 0.3 is 0 Å². The molecule has 0 aliphatic carbocycles. The number of ether oxygens (including phenoxy) is 1. The van der Waals surface area contributed by atoms with Gasteiger partial charge in [0.25, 0.3) is 0 Å². The summed E-state index contributed by atoms with van der Waals surface area (Å²) in [6.45, 7) is 5.28. The number of fused-ring (bicyclic) bond motifs is 1. The quantitative estimate of drug-likeness (QED) is 0.758. The van der Waals surface area contributed by atoms with E-state index < -0.39 is 0 Å². The molecule has 1 aliphatic rings. The molecule has 5 nitrogen and oxygen atoms in total. The predicted molar refractivity (Wildman–Crippen MR) is 104 cm³/mol. The van der Waals surface area contributed by atoms with E-state index in [-0.39, 0.29) is 0 Å². The molecule has 0 spiro atoms. The Labute approximate surface area is 154 Å². The zero-order valence-electron chi connectivity index (χ0n) is 15.5. The molecule has 1 fully saturated rings. The number of H-pyrrole nitrogens is 1. The number of nitrogens with zero attached hydrogens (tertiary/aromatic N) is 3. The predicted octanol–water partition coefficient (Wildman–Crippen LogP) is 3.91. The summed E-state index contributed by atoms with van der Waals surface area (Å²) in [4.78, 5) is 7.36. The third-order valence-electron chi connectivity index (χ3n) is 5.47. The van der Waals surface area contributed by atoms with Crippen LogP contribution in [0, 0.1) is 0 Å². The molecule has 0 saturated carbocycles. The Morgan fingerprint density at radius 3 is 2.81 bits per heavy atom. The minimum Gasteiger partial charge on any atom is -0.494 e. The van der Waals surface area contributed by atoms with Gasteiger partial charge in [0.05, 0.1) is 19.0 Å². The van der Waals surface area contributed by atoms with Crippen molar-refractivity contribution < 1.29 is 4.74 Å². The van der Waals surface area contributed by atoms with Crippen LogP contribution in [0.1, 0.15) is 42.6 Å². The van der Waals surface area contributed by atoms with Gasteiger partial charge in [-0.25, -0.2) is 4.98 Å². The lowest BCUT2D eigenvalue weighted by molar-refractivity contribution is 0.201. The van der Waals surface area contributed by atoms with Crippen LogP contribution >= 0.6 is 0 Å². The first-order valence-corrected chi connectivity index (χ1v) is 9.45. The van der Waals surface area contributed by atoms with Crippen molar-refractivity contribution in [2.75, 3.05) is 20.2 Å². The number of methoxy groups -OCH3 is 1. The van der Waals surface area contributed by atoms with Crippen LogP contribution in [0.5, 0.6) is 5.75 Å². The fourth-order valence-corrected chi connectivity index (χ4v) is 3.98. The molecule has 1 saturated heterocycles. The average Bonchev–Trinajstić information content (AvgIpc) is 3.17. The van der Waals surface area contributed by atoms with Crippen molar-refractivity contribution >= 4 is 10.9 Å². The number of pyridine rings is 1. The Kier molecular flexibility index (Phi) is 4.89. The number of piperidine rings is 1. The Bertz CT molecular complexity index is 881. The van der Waals surface area contributed by atoms with E-state index in [1.807, 2.05) is 18.3 Å². The lowest BCUT2D eigenvalue weighted by Crippen LogP contribution is -2.33. The molecule has 1 aliphatic heterocycles. The van der Waals surface area contributed by atoms with E-state index in [4.69, 9.17) is 9.72 Å². The van der Waals surface area contributed by atoms with Crippen LogP contribution in [-0.4, -0.2) is 40.3 Å². The molecular weight excluding hydrogens is 324 g/mol. The minimum atomic E-state index is 0.605. The molecule has 3 heterocycles. The maximum atomic E-state index is 5.46. The zero-order chi connectivity index (χ0) is 17.9. The lowest BCUT2D eigenvalue weighted by atomic mass is 9.91. The van der Waals surface area contributed by atoms with Crippen LogP contribution in [0.4, 0.5) is 0 Å². The Hall–Kier alpha value is -2.40. The Balaban J connectivity index is 1.44. The smallest absolute Gasteiger partial charge is 0.145 e. The maximum absolute atomic E-state index is 5.46. The van der Waals surface area contributed by atoms with Crippen LogP contribution in [-0.2, 0) is 13.0 Å². The number of rotatable bonds is 5. The monoisotopic (exact) mass is 350 g/mol. The van der Waals surface area contributed by atoms with Crippen LogP contribution in [0.25, 0.3) is 10.9 Å². The largest absolute Gasteiger partial charge is 0.494 e. The molecule has 3 aromatic rings. The SMILES string of the molecule is CCc1cn[nH]c1C1CCN(Cc2ccc3cccc(OC)c3n2)CC1. The van der Waals surface area contributed by atoms with E-state index in [0.717, 1.165) is 48.4 Å². The summed E-state index contributed by atoms with van der Waals surface area (Å²) < 4.78 is 5.46. The van der Waals surface area contributed by atoms with Crippen LogP contribution in [0.2, 0.25) is 0 Å². The second kappa shape index (κ2) is 7.46. The molecule has 5 heteroatoms. The third-order valence-corrected chi connectivity index (χ3v) is 5.47. The standard InChI is InChI=1S/C21H26N4O/c1-3-15-13-22-24-20(15)17-9-11-25(12-10-17)14-18-8-7-16-5-4-6-19(26-2)21(16)23-18/h4-8,13,17H,3,9-12,14H2,1-2H3,(H,22,24). The van der Waals surface area contributed by atoms with E-state index in [2.05, 4.69) is 40.2 Å². The Morgan fingerprint density at radius 2 is 2.04 bits per heavy atom. The number of aromatic amines is 1. The van der Waals surface area contributed by atoms with Gasteiger partial charge in [0.2, 0.25) is 0 Å². The molecule has 0 radical (unpaired) electrons. The van der Waals surface area contributed by atoms with E-state index in [0.29, 0.717) is 5.92 Å². The third kappa shape index (κ3) is 3.31. The summed E-state index contributed by atoms with van der Waals surface area (Å²) >= 11 is 0. The molecule has 0 unspecified atom stereocenters. The number of para-hydroxylation sites is 1. The van der Waals surface area contributed by atoms with Gasteiger partial charge in [0, 0.05) is 23.5 Å². The van der Waals surface area contributed by atoms with Gasteiger partial charge in [0.1, 0.15) is 11.3 Å². The van der Waals surface area contributed by atoms with Gasteiger partial charge in [-0.2, -0.15) is 5.10 Å². The number of hydrogen-bond donors (Lipinski definition) is 1. The van der Waals surface area contributed by atoms with Gasteiger partial charge in [0.15, 0.2) is 0 Å². The fourth-order valence-electron chi connectivity index (χ4n) is 3.98. The normalized spacial score (nSPS) is 16.2. The Morgan fingerprint density at radius 1 is 1.19 bits per heavy atom. The van der Waals surface area contributed by atoms with E-state index in [9.17, 15) is 0 Å². The minimum absolute atomic E-state index is 0.605. The number of hydrogen-bond acceptors (Lipinski definition) is 4. The maximum Gasteiger partial charge on any atom is 0.145 e. The summed E-state index contributed by atoms with van der Waals surface area (Å²) in [6, 6.07) is 10.3. The first kappa shape index (κ1) is 17.0. The van der Waals surface area contributed by atoms with E-state index in [1.165, 1.54) is 24.1 Å². The highest BCUT2D eigenvalue weighted by atomic mass is 16.5. The highest BCUT2D eigenvalue weighted by Gasteiger charge is 2.23. The van der Waals surface area contributed by atoms with Crippen molar-refractivity contribution in [2.45, 2.75) is 38.6 Å². The number of benzene rings is 1. The van der Waals surface area contributed by atoms with Gasteiger partial charge in [-0.05, 0) is 50.0 Å². The van der Waals surface area contributed by atoms with Gasteiger partial charge in [-0.15, -0.1) is 0 Å². The van der Waals surface area contributed by atoms with Crippen molar-refractivity contribution in [3.8, 4) is 5.75 Å². The van der Waals surface area contributed by atoms with Gasteiger partial charge < -0.3 is 4.74 Å². The first-order valence-electron chi connectivity index (χ1n) is 9.45. The zero-order valence-corrected chi connectivity index (χ0v) is 15.5. The number of aromatic nitrogens is 3. The van der Waals surface area contributed by atoms with Crippen molar-refractivity contribution in [3.05, 3.63) is 53.5 Å². The fraction of sp³-hybridized carbons (Fsp3) is 0.429. The summed E-state index contributed by atoms with van der Waals surface area (Å²) in [5, 5.41) is 8.59. The number of nitrogens with one attached hydrogen (secondary N) is 1. The van der Waals surface area contributed by atoms with E-state index >= 15 is 0 Å². The van der Waals surface area contributed by atoms with Crippen molar-refractivity contribution in [1.29, 1.82) is 0 Å². The molecule has 0 atom stereocenters. The summed E-state index contributed by atoms with van der Waals surface area (Å²) in [6.07, 6.45) is 5.38. The molecule has 26 heavy (non-hydrogen) atoms. The number of likely N-dealkylation sites (tertiary alicyclic amines) is 1. The topological polar surface area (TPSA) is 54.0 Å². The average molecular weight is 350 g/mol. The summed E-state index contributed by atoms with van der Waals surface area (Å²) in [5.74, 6) is 1.45. The molecule has 0 amide bonds. The van der Waals surface area contributed by atoms with Crippen molar-refractivity contribution in [3.63, 3.8) is 0 Å². The molecule has 2 aromatic heterocycles. The molecule has 1 N–H and O–H groups in total. The molecular formula is C21H26N4O. The molecule has 136 valence electrons. The second-order valence-electron chi connectivity index (χ2n) is 7.05. The van der Waals surface area contributed by atoms with Crippen molar-refractivity contribution in [2.24, 2.45) is 0 Å². The molecule has 0 bridgehead atoms. The van der Waals surface area contributed by atoms with Crippen LogP contribution < -0.4 is 4.74 Å². The molecule has 1 aromatic carbocycles. The summed E-state index contributed by atoms with van der Waals surface area (Å²) in [5.41, 5.74) is 4.77. The highest BCUT2D eigenvalue weighted by Crippen LogP contribution is 2.30. The van der Waals surface area contributed by atoms with Gasteiger partial charge in [-0.3, -0.25) is 10.00 Å². The second-order valence-corrected chi connectivity index (χ2v) is 7.05. The van der Waals surface area contributed by atoms with Crippen LogP contribution in [0.3, 0.4) is 0 Å². The van der Waals surface area contributed by atoms with Crippen LogP contribution in [0.15, 0.2) is 36.5 Å². The van der Waals surface area contributed by atoms with Crippen molar-refractivity contribution in [1.82, 2.24) is 20.1 Å². The summed E-state index contributed by atoms with van der Waals surface area (Å²) in [7, 11) is 1.70. The lowest BCUT2D eigenvalue weighted by Gasteiger charge is -2.31.